The monoisotopic (exact) mass is 435 g/mol. The van der Waals surface area contributed by atoms with E-state index in [0.29, 0.717) is 25.1 Å². The number of benzene rings is 1. The first kappa shape index (κ1) is 25.9. The SMILES string of the molecule is CNC(C(=O)N[C@@H](CCCNC(N)=O)C(=O)Nc1ccc(COC(C)=O)cc1)C(C)C. The molecule has 0 aliphatic heterocycles. The first-order chi connectivity index (χ1) is 14.6. The highest BCUT2D eigenvalue weighted by Crippen LogP contribution is 2.12. The van der Waals surface area contributed by atoms with Crippen molar-refractivity contribution >= 4 is 29.5 Å². The van der Waals surface area contributed by atoms with Gasteiger partial charge in [-0.15, -0.1) is 0 Å². The van der Waals surface area contributed by atoms with E-state index in [1.54, 1.807) is 31.3 Å². The van der Waals surface area contributed by atoms with Crippen LogP contribution in [0.1, 0.15) is 39.2 Å². The van der Waals surface area contributed by atoms with Crippen molar-refractivity contribution in [2.45, 2.75) is 52.3 Å². The highest BCUT2D eigenvalue weighted by atomic mass is 16.5. The lowest BCUT2D eigenvalue weighted by atomic mass is 10.0. The van der Waals surface area contributed by atoms with Crippen molar-refractivity contribution in [3.8, 4) is 0 Å². The molecule has 1 rings (SSSR count). The Kier molecular flexibility index (Phi) is 11.0. The molecule has 2 atom stereocenters. The Morgan fingerprint density at radius 2 is 1.71 bits per heavy atom. The number of amides is 4. The second kappa shape index (κ2) is 13.2. The number of esters is 1. The predicted molar refractivity (Wildman–Crippen MR) is 117 cm³/mol. The maximum atomic E-state index is 12.8. The van der Waals surface area contributed by atoms with Gasteiger partial charge in [0.2, 0.25) is 11.8 Å². The molecule has 0 saturated carbocycles. The third-order valence-corrected chi connectivity index (χ3v) is 4.53. The molecule has 10 heteroatoms. The van der Waals surface area contributed by atoms with Gasteiger partial charge < -0.3 is 31.7 Å². The van der Waals surface area contributed by atoms with Gasteiger partial charge in [-0.1, -0.05) is 26.0 Å². The zero-order valence-electron chi connectivity index (χ0n) is 18.5. The number of urea groups is 1. The number of likely N-dealkylation sites (N-methyl/N-ethyl adjacent to an activating group) is 1. The van der Waals surface area contributed by atoms with Crippen LogP contribution in [-0.2, 0) is 25.7 Å². The minimum Gasteiger partial charge on any atom is -0.461 e. The molecule has 0 aliphatic carbocycles. The van der Waals surface area contributed by atoms with E-state index in [1.807, 2.05) is 13.8 Å². The van der Waals surface area contributed by atoms with Gasteiger partial charge in [0.15, 0.2) is 0 Å². The smallest absolute Gasteiger partial charge is 0.312 e. The standard InChI is InChI=1S/C21H33N5O5/c1-13(2)18(23-4)20(29)26-17(6-5-11-24-21(22)30)19(28)25-16-9-7-15(8-10-16)12-31-14(3)27/h7-10,13,17-18,23H,5-6,11-12H2,1-4H3,(H,25,28)(H,26,29)(H3,22,24,30)/t17-,18?/m0/s1. The number of carbonyl (C=O) groups is 4. The third-order valence-electron chi connectivity index (χ3n) is 4.53. The molecule has 1 unspecified atom stereocenters. The fourth-order valence-corrected chi connectivity index (χ4v) is 2.91. The molecule has 0 bridgehead atoms. The van der Waals surface area contributed by atoms with Gasteiger partial charge in [-0.05, 0) is 43.5 Å². The van der Waals surface area contributed by atoms with Gasteiger partial charge in [0, 0.05) is 19.2 Å². The topological polar surface area (TPSA) is 152 Å². The molecule has 0 fully saturated rings. The van der Waals surface area contributed by atoms with Crippen molar-refractivity contribution in [3.63, 3.8) is 0 Å². The number of nitrogens with two attached hydrogens (primary N) is 1. The van der Waals surface area contributed by atoms with Crippen molar-refractivity contribution in [2.24, 2.45) is 11.7 Å². The lowest BCUT2D eigenvalue weighted by Gasteiger charge is -2.24. The van der Waals surface area contributed by atoms with Crippen LogP contribution >= 0.6 is 0 Å². The molecule has 0 spiro atoms. The minimum absolute atomic E-state index is 0.0370. The van der Waals surface area contributed by atoms with Gasteiger partial charge in [-0.25, -0.2) is 4.79 Å². The van der Waals surface area contributed by atoms with Gasteiger partial charge in [0.05, 0.1) is 6.04 Å². The van der Waals surface area contributed by atoms with Crippen LogP contribution in [0.15, 0.2) is 24.3 Å². The summed E-state index contributed by atoms with van der Waals surface area (Å²) in [5.41, 5.74) is 6.38. The van der Waals surface area contributed by atoms with Gasteiger partial charge in [0.1, 0.15) is 12.6 Å². The van der Waals surface area contributed by atoms with Crippen LogP contribution < -0.4 is 27.0 Å². The fourth-order valence-electron chi connectivity index (χ4n) is 2.91. The van der Waals surface area contributed by atoms with E-state index in [2.05, 4.69) is 21.3 Å². The van der Waals surface area contributed by atoms with Crippen LogP contribution in [0.3, 0.4) is 0 Å². The average molecular weight is 436 g/mol. The molecule has 0 aromatic heterocycles. The third kappa shape index (κ3) is 9.94. The highest BCUT2D eigenvalue weighted by molar-refractivity contribution is 5.97. The average Bonchev–Trinajstić information content (AvgIpc) is 2.69. The molecular weight excluding hydrogens is 402 g/mol. The first-order valence-corrected chi connectivity index (χ1v) is 10.2. The van der Waals surface area contributed by atoms with Gasteiger partial charge >= 0.3 is 12.0 Å². The number of rotatable bonds is 12. The lowest BCUT2D eigenvalue weighted by Crippen LogP contribution is -2.52. The molecule has 172 valence electrons. The Balaban J connectivity index is 2.80. The number of hydrogen-bond acceptors (Lipinski definition) is 6. The summed E-state index contributed by atoms with van der Waals surface area (Å²) in [6, 6.07) is 4.96. The summed E-state index contributed by atoms with van der Waals surface area (Å²) in [4.78, 5) is 47.2. The molecule has 0 aliphatic rings. The summed E-state index contributed by atoms with van der Waals surface area (Å²) >= 11 is 0. The molecule has 1 aromatic rings. The summed E-state index contributed by atoms with van der Waals surface area (Å²) in [5, 5.41) is 11.0. The van der Waals surface area contributed by atoms with E-state index in [-0.39, 0.29) is 30.3 Å². The fraction of sp³-hybridized carbons (Fsp3) is 0.524. The predicted octanol–water partition coefficient (Wildman–Crippen LogP) is 0.866. The highest BCUT2D eigenvalue weighted by Gasteiger charge is 2.26. The van der Waals surface area contributed by atoms with Crippen molar-refractivity contribution in [1.29, 1.82) is 0 Å². The van der Waals surface area contributed by atoms with Crippen molar-refractivity contribution in [3.05, 3.63) is 29.8 Å². The lowest BCUT2D eigenvalue weighted by molar-refractivity contribution is -0.142. The Labute approximate surface area is 182 Å². The number of hydrogen-bond donors (Lipinski definition) is 5. The summed E-state index contributed by atoms with van der Waals surface area (Å²) < 4.78 is 4.94. The molecule has 0 heterocycles. The molecule has 10 nitrogen and oxygen atoms in total. The Hall–Kier alpha value is -3.14. The number of nitrogens with one attached hydrogen (secondary N) is 4. The first-order valence-electron chi connectivity index (χ1n) is 10.2. The van der Waals surface area contributed by atoms with E-state index >= 15 is 0 Å². The van der Waals surface area contributed by atoms with Crippen LogP contribution in [0, 0.1) is 5.92 Å². The molecule has 31 heavy (non-hydrogen) atoms. The van der Waals surface area contributed by atoms with E-state index in [0.717, 1.165) is 5.56 Å². The van der Waals surface area contributed by atoms with E-state index in [4.69, 9.17) is 10.5 Å². The summed E-state index contributed by atoms with van der Waals surface area (Å²) in [6.45, 7) is 5.59. The largest absolute Gasteiger partial charge is 0.461 e. The normalized spacial score (nSPS) is 12.5. The molecule has 1 aromatic carbocycles. The second-order valence-corrected chi connectivity index (χ2v) is 7.47. The van der Waals surface area contributed by atoms with Crippen LogP contribution in [0.4, 0.5) is 10.5 Å². The molecule has 0 radical (unpaired) electrons. The Morgan fingerprint density at radius 1 is 1.06 bits per heavy atom. The number of carbonyl (C=O) groups excluding carboxylic acids is 4. The van der Waals surface area contributed by atoms with Gasteiger partial charge in [-0.2, -0.15) is 0 Å². The number of primary amides is 1. The van der Waals surface area contributed by atoms with E-state index < -0.39 is 18.1 Å². The summed E-state index contributed by atoms with van der Waals surface area (Å²) in [7, 11) is 1.69. The van der Waals surface area contributed by atoms with Crippen molar-refractivity contribution in [1.82, 2.24) is 16.0 Å². The summed E-state index contributed by atoms with van der Waals surface area (Å²) in [6.07, 6.45) is 0.769. The molecular formula is C21H33N5O5. The van der Waals surface area contributed by atoms with Crippen LogP contribution in [0.5, 0.6) is 0 Å². The number of anilines is 1. The van der Waals surface area contributed by atoms with Crippen LogP contribution in [0.2, 0.25) is 0 Å². The maximum absolute atomic E-state index is 12.8. The molecule has 0 saturated heterocycles. The zero-order chi connectivity index (χ0) is 23.4. The molecule has 4 amide bonds. The number of ether oxygens (including phenoxy) is 1. The zero-order valence-corrected chi connectivity index (χ0v) is 18.5. The maximum Gasteiger partial charge on any atom is 0.312 e. The van der Waals surface area contributed by atoms with Crippen LogP contribution in [0.25, 0.3) is 0 Å². The van der Waals surface area contributed by atoms with E-state index in [1.165, 1.54) is 6.92 Å². The summed E-state index contributed by atoms with van der Waals surface area (Å²) in [5.74, 6) is -0.992. The van der Waals surface area contributed by atoms with Gasteiger partial charge in [0.25, 0.3) is 0 Å². The van der Waals surface area contributed by atoms with Crippen molar-refractivity contribution in [2.75, 3.05) is 18.9 Å². The van der Waals surface area contributed by atoms with Gasteiger partial charge in [-0.3, -0.25) is 14.4 Å². The molecule has 6 N–H and O–H groups in total. The Bertz CT molecular complexity index is 751. The second-order valence-electron chi connectivity index (χ2n) is 7.47. The minimum atomic E-state index is -0.794. The van der Waals surface area contributed by atoms with Crippen molar-refractivity contribution < 1.29 is 23.9 Å². The van der Waals surface area contributed by atoms with Crippen LogP contribution in [-0.4, -0.2) is 49.5 Å². The van der Waals surface area contributed by atoms with E-state index in [9.17, 15) is 19.2 Å². The Morgan fingerprint density at radius 3 is 2.23 bits per heavy atom. The quantitative estimate of drug-likeness (QED) is 0.243.